The van der Waals surface area contributed by atoms with E-state index >= 15 is 0 Å². The summed E-state index contributed by atoms with van der Waals surface area (Å²) >= 11 is 0. The van der Waals surface area contributed by atoms with Gasteiger partial charge in [-0.3, -0.25) is 9.59 Å². The predicted octanol–water partition coefficient (Wildman–Crippen LogP) is 5.39. The molecule has 0 aliphatic heterocycles. The molecule has 0 heterocycles. The summed E-state index contributed by atoms with van der Waals surface area (Å²) in [5, 5.41) is 10.1. The fraction of sp³-hybridized carbons (Fsp3) is 0.750. The van der Waals surface area contributed by atoms with Crippen LogP contribution in [0.4, 0.5) is 0 Å². The molecule has 0 spiro atoms. The number of allylic oxidation sites excluding steroid dienone is 3. The molecule has 0 saturated heterocycles. The van der Waals surface area contributed by atoms with Gasteiger partial charge in [-0.25, -0.2) is 0 Å². The van der Waals surface area contributed by atoms with Crippen molar-refractivity contribution >= 4 is 11.8 Å². The second kappa shape index (κ2) is 13.7. The van der Waals surface area contributed by atoms with Crippen molar-refractivity contribution in [3.8, 4) is 0 Å². The monoisotopic (exact) mass is 392 g/mol. The molecule has 0 amide bonds. The zero-order valence-corrected chi connectivity index (χ0v) is 18.2. The molecule has 160 valence electrons. The van der Waals surface area contributed by atoms with Crippen LogP contribution in [0, 0.1) is 17.8 Å². The van der Waals surface area contributed by atoms with Crippen LogP contribution < -0.4 is 0 Å². The van der Waals surface area contributed by atoms with Crippen molar-refractivity contribution < 1.29 is 19.4 Å². The maximum atomic E-state index is 12.4. The lowest BCUT2D eigenvalue weighted by atomic mass is 9.87. The highest BCUT2D eigenvalue weighted by atomic mass is 16.5. The third kappa shape index (κ3) is 9.68. The van der Waals surface area contributed by atoms with Gasteiger partial charge in [0.05, 0.1) is 12.2 Å². The molecule has 1 fully saturated rings. The molecule has 0 radical (unpaired) electrons. The average molecular weight is 393 g/mol. The molecule has 0 bridgehead atoms. The number of Topliss-reactive ketones (excluding diaryl/α,β-unsaturated/α-hetero) is 1. The molecule has 4 heteroatoms. The van der Waals surface area contributed by atoms with Crippen molar-refractivity contribution in [2.45, 2.75) is 97.7 Å². The Bertz CT molecular complexity index is 521. The Balaban J connectivity index is 2.42. The third-order valence-electron chi connectivity index (χ3n) is 5.39. The summed E-state index contributed by atoms with van der Waals surface area (Å²) < 4.78 is 5.12. The SMILES string of the molecule is CCCCCC(O)/C=C/[C@H]1[C@H](C)CC(=O)[C@@H]1C/C=C\CCCC(=O)OC(C)C. The van der Waals surface area contributed by atoms with Gasteiger partial charge in [0, 0.05) is 18.8 Å². The number of ether oxygens (including phenoxy) is 1. The molecule has 1 N–H and O–H groups in total. The molecule has 1 aliphatic rings. The van der Waals surface area contributed by atoms with Gasteiger partial charge in [0.15, 0.2) is 0 Å². The number of rotatable bonds is 13. The Kier molecular flexibility index (Phi) is 12.1. The number of esters is 1. The molecule has 28 heavy (non-hydrogen) atoms. The first-order chi connectivity index (χ1) is 13.3. The van der Waals surface area contributed by atoms with Gasteiger partial charge in [0.25, 0.3) is 0 Å². The summed E-state index contributed by atoms with van der Waals surface area (Å²) in [7, 11) is 0. The fourth-order valence-electron chi connectivity index (χ4n) is 3.83. The summed E-state index contributed by atoms with van der Waals surface area (Å²) in [4.78, 5) is 23.9. The smallest absolute Gasteiger partial charge is 0.306 e. The highest BCUT2D eigenvalue weighted by Gasteiger charge is 2.37. The van der Waals surface area contributed by atoms with Gasteiger partial charge >= 0.3 is 5.97 Å². The van der Waals surface area contributed by atoms with E-state index in [4.69, 9.17) is 4.74 Å². The molecule has 1 unspecified atom stereocenters. The Morgan fingerprint density at radius 3 is 2.68 bits per heavy atom. The molecule has 4 atom stereocenters. The first-order valence-electron chi connectivity index (χ1n) is 11.1. The zero-order chi connectivity index (χ0) is 20.9. The van der Waals surface area contributed by atoms with Crippen LogP contribution >= 0.6 is 0 Å². The third-order valence-corrected chi connectivity index (χ3v) is 5.39. The molecule has 1 rings (SSSR count). The lowest BCUT2D eigenvalue weighted by Gasteiger charge is -2.17. The Morgan fingerprint density at radius 1 is 1.25 bits per heavy atom. The van der Waals surface area contributed by atoms with Gasteiger partial charge in [0.2, 0.25) is 0 Å². The molecule has 1 saturated carbocycles. The molecular weight excluding hydrogens is 352 g/mol. The number of aliphatic hydroxyl groups is 1. The maximum absolute atomic E-state index is 12.4. The Hall–Kier alpha value is -1.42. The number of carbonyl (C=O) groups excluding carboxylic acids is 2. The lowest BCUT2D eigenvalue weighted by molar-refractivity contribution is -0.147. The number of unbranched alkanes of at least 4 members (excludes halogenated alkanes) is 3. The zero-order valence-electron chi connectivity index (χ0n) is 18.2. The quantitative estimate of drug-likeness (QED) is 0.259. The van der Waals surface area contributed by atoms with E-state index in [9.17, 15) is 14.7 Å². The number of carbonyl (C=O) groups is 2. The van der Waals surface area contributed by atoms with Crippen LogP contribution in [-0.2, 0) is 14.3 Å². The maximum Gasteiger partial charge on any atom is 0.306 e. The summed E-state index contributed by atoms with van der Waals surface area (Å²) in [5.74, 6) is 0.727. The van der Waals surface area contributed by atoms with Gasteiger partial charge in [-0.05, 0) is 51.4 Å². The minimum absolute atomic E-state index is 0.0104. The highest BCUT2D eigenvalue weighted by molar-refractivity contribution is 5.84. The van der Waals surface area contributed by atoms with E-state index in [-0.39, 0.29) is 23.9 Å². The van der Waals surface area contributed by atoms with E-state index < -0.39 is 6.10 Å². The van der Waals surface area contributed by atoms with Crippen molar-refractivity contribution in [1.29, 1.82) is 0 Å². The molecular formula is C24H40O4. The van der Waals surface area contributed by atoms with E-state index in [0.29, 0.717) is 24.5 Å². The van der Waals surface area contributed by atoms with Crippen LogP contribution in [0.15, 0.2) is 24.3 Å². The summed E-state index contributed by atoms with van der Waals surface area (Å²) in [6, 6.07) is 0. The van der Waals surface area contributed by atoms with E-state index in [1.807, 2.05) is 19.9 Å². The van der Waals surface area contributed by atoms with Gasteiger partial charge < -0.3 is 9.84 Å². The van der Waals surface area contributed by atoms with Gasteiger partial charge in [-0.15, -0.1) is 0 Å². The minimum atomic E-state index is -0.406. The van der Waals surface area contributed by atoms with Crippen molar-refractivity contribution in [2.75, 3.05) is 0 Å². The number of aliphatic hydroxyl groups excluding tert-OH is 1. The first-order valence-corrected chi connectivity index (χ1v) is 11.1. The Labute approximate surface area is 171 Å². The predicted molar refractivity (Wildman–Crippen MR) is 114 cm³/mol. The standard InChI is InChI=1S/C24H40O4/c1-5-6-9-12-20(25)15-16-21-19(4)17-23(26)22(21)13-10-7-8-11-14-24(27)28-18(2)3/h7,10,15-16,18-22,25H,5-6,8-9,11-14,17H2,1-4H3/b10-7-,16-15+/t19-,20?,21+,22-/m1/s1. The van der Waals surface area contributed by atoms with E-state index in [1.165, 1.54) is 0 Å². The van der Waals surface area contributed by atoms with Crippen LogP contribution in [0.25, 0.3) is 0 Å². The van der Waals surface area contributed by atoms with Crippen molar-refractivity contribution in [1.82, 2.24) is 0 Å². The van der Waals surface area contributed by atoms with Crippen LogP contribution in [0.1, 0.15) is 85.5 Å². The topological polar surface area (TPSA) is 63.6 Å². The van der Waals surface area contributed by atoms with E-state index in [2.05, 4.69) is 32.1 Å². The average Bonchev–Trinajstić information content (AvgIpc) is 2.88. The molecule has 0 aromatic carbocycles. The highest BCUT2D eigenvalue weighted by Crippen LogP contribution is 2.37. The Morgan fingerprint density at radius 2 is 2.00 bits per heavy atom. The number of ketones is 1. The number of hydrogen-bond acceptors (Lipinski definition) is 4. The van der Waals surface area contributed by atoms with Crippen LogP contribution in [0.5, 0.6) is 0 Å². The van der Waals surface area contributed by atoms with Crippen molar-refractivity contribution in [2.24, 2.45) is 17.8 Å². The molecule has 4 nitrogen and oxygen atoms in total. The second-order valence-corrected chi connectivity index (χ2v) is 8.42. The summed E-state index contributed by atoms with van der Waals surface area (Å²) in [6.45, 7) is 7.99. The van der Waals surface area contributed by atoms with Gasteiger partial charge in [-0.2, -0.15) is 0 Å². The van der Waals surface area contributed by atoms with Gasteiger partial charge in [0.1, 0.15) is 5.78 Å². The number of hydrogen-bond donors (Lipinski definition) is 1. The lowest BCUT2D eigenvalue weighted by Crippen LogP contribution is -2.15. The van der Waals surface area contributed by atoms with E-state index in [1.54, 1.807) is 0 Å². The van der Waals surface area contributed by atoms with Crippen molar-refractivity contribution in [3.63, 3.8) is 0 Å². The molecule has 1 aliphatic carbocycles. The molecule has 0 aromatic heterocycles. The fourth-order valence-corrected chi connectivity index (χ4v) is 3.83. The van der Waals surface area contributed by atoms with Crippen molar-refractivity contribution in [3.05, 3.63) is 24.3 Å². The second-order valence-electron chi connectivity index (χ2n) is 8.42. The molecule has 0 aromatic rings. The largest absolute Gasteiger partial charge is 0.463 e. The summed E-state index contributed by atoms with van der Waals surface area (Å²) in [6.07, 6.45) is 15.2. The minimum Gasteiger partial charge on any atom is -0.463 e. The summed E-state index contributed by atoms with van der Waals surface area (Å²) in [5.41, 5.74) is 0. The van der Waals surface area contributed by atoms with Crippen LogP contribution in [0.2, 0.25) is 0 Å². The van der Waals surface area contributed by atoms with Gasteiger partial charge in [-0.1, -0.05) is 57.4 Å². The van der Waals surface area contributed by atoms with Crippen LogP contribution in [-0.4, -0.2) is 29.1 Å². The first kappa shape index (κ1) is 24.6. The van der Waals surface area contributed by atoms with E-state index in [0.717, 1.165) is 44.9 Å². The normalized spacial score (nSPS) is 23.9. The van der Waals surface area contributed by atoms with Crippen LogP contribution in [0.3, 0.4) is 0 Å².